The Balaban J connectivity index is 1.37. The Kier molecular flexibility index (Phi) is 15.0. The number of aryl methyl sites for hydroxylation is 2. The summed E-state index contributed by atoms with van der Waals surface area (Å²) < 4.78 is 5.55. The van der Waals surface area contributed by atoms with Crippen molar-refractivity contribution in [3.8, 4) is 0 Å². The first kappa shape index (κ1) is 41.8. The highest BCUT2D eigenvalue weighted by atomic mass is 35.5. The third-order valence-electron chi connectivity index (χ3n) is 8.99. The Labute approximate surface area is 323 Å². The van der Waals surface area contributed by atoms with Crippen LogP contribution in [0.2, 0.25) is 5.15 Å². The molecular formula is C39H55ClN10O4. The second kappa shape index (κ2) is 19.4. The van der Waals surface area contributed by atoms with Gasteiger partial charge in [-0.25, -0.2) is 14.8 Å². The fraction of sp³-hybridized carbons (Fsp3) is 0.487. The molecule has 14 nitrogen and oxygen atoms in total. The Hall–Kier alpha value is -4.95. The minimum absolute atomic E-state index is 0.0828. The average molecular weight is 763 g/mol. The van der Waals surface area contributed by atoms with Crippen molar-refractivity contribution in [2.45, 2.75) is 96.6 Å². The van der Waals surface area contributed by atoms with Crippen molar-refractivity contribution in [3.05, 3.63) is 75.1 Å². The lowest BCUT2D eigenvalue weighted by atomic mass is 9.82. The standard InChI is InChI=1S/C39H55ClN10O4/c1-39(2,3)54-38(53)46-30(35(51)45-27-19-15-24(16-20-27)11-10-22-50(4)5)23-26-18-17-25(28-13-6-7-14-29(26)28)12-8-9-21-44-37(43)49-36(52)31-33(41)48-34(42)32(40)47-31/h15-20,30H,6-14,21-23H2,1-5H3,(H,45,51)(H,46,53)(H4,41,42,48)(H3,43,44,49,52)/t30-/m0/s1. The second-order valence-corrected chi connectivity index (χ2v) is 15.2. The van der Waals surface area contributed by atoms with Gasteiger partial charge in [0.15, 0.2) is 28.4 Å². The molecule has 1 aliphatic carbocycles. The fourth-order valence-corrected chi connectivity index (χ4v) is 6.51. The SMILES string of the molecule is CN(C)CCCc1ccc(NC(=O)[C@H](Cc2ccc(CCCCNC(=N)NC(=O)c3nc(Cl)c(N)nc3N)c3c2CCCC3)NC(=O)OC(C)(C)C)cc1. The van der Waals surface area contributed by atoms with Gasteiger partial charge in [-0.15, -0.1) is 0 Å². The van der Waals surface area contributed by atoms with Gasteiger partial charge < -0.3 is 37.1 Å². The number of fused-ring (bicyclic) bond motifs is 1. The van der Waals surface area contributed by atoms with Crippen LogP contribution in [-0.4, -0.2) is 77.6 Å². The number of hydrogen-bond donors (Lipinski definition) is 7. The van der Waals surface area contributed by atoms with Crippen molar-refractivity contribution in [1.29, 1.82) is 5.41 Å². The van der Waals surface area contributed by atoms with Crippen molar-refractivity contribution in [2.24, 2.45) is 0 Å². The van der Waals surface area contributed by atoms with Crippen LogP contribution in [-0.2, 0) is 41.6 Å². The van der Waals surface area contributed by atoms with Crippen molar-refractivity contribution < 1.29 is 19.1 Å². The number of guanidine groups is 1. The van der Waals surface area contributed by atoms with Crippen molar-refractivity contribution >= 4 is 52.8 Å². The summed E-state index contributed by atoms with van der Waals surface area (Å²) in [6.07, 6.45) is 8.12. The Morgan fingerprint density at radius 2 is 1.59 bits per heavy atom. The summed E-state index contributed by atoms with van der Waals surface area (Å²) in [5, 5.41) is 19.1. The topological polar surface area (TPSA) is 213 Å². The monoisotopic (exact) mass is 762 g/mol. The number of nitrogens with zero attached hydrogens (tertiary/aromatic N) is 3. The molecule has 0 radical (unpaired) electrons. The lowest BCUT2D eigenvalue weighted by molar-refractivity contribution is -0.118. The first-order valence-electron chi connectivity index (χ1n) is 18.5. The highest BCUT2D eigenvalue weighted by Gasteiger charge is 2.27. The molecular weight excluding hydrogens is 708 g/mol. The van der Waals surface area contributed by atoms with E-state index in [9.17, 15) is 14.4 Å². The summed E-state index contributed by atoms with van der Waals surface area (Å²) in [5.74, 6) is -1.48. The molecule has 0 spiro atoms. The molecule has 3 aromatic rings. The number of nitrogens with one attached hydrogen (secondary N) is 5. The molecule has 0 fully saturated rings. The molecule has 9 N–H and O–H groups in total. The van der Waals surface area contributed by atoms with Gasteiger partial charge in [0.2, 0.25) is 5.91 Å². The molecule has 0 saturated carbocycles. The minimum atomic E-state index is -0.848. The maximum atomic E-state index is 13.8. The number of ether oxygens (including phenoxy) is 1. The van der Waals surface area contributed by atoms with Gasteiger partial charge in [0.1, 0.15) is 11.6 Å². The van der Waals surface area contributed by atoms with Gasteiger partial charge in [0, 0.05) is 18.7 Å². The number of nitrogens with two attached hydrogens (primary N) is 2. The number of unbranched alkanes of at least 4 members (excludes halogenated alkanes) is 1. The highest BCUT2D eigenvalue weighted by Crippen LogP contribution is 2.30. The Morgan fingerprint density at radius 1 is 0.926 bits per heavy atom. The second-order valence-electron chi connectivity index (χ2n) is 14.9. The van der Waals surface area contributed by atoms with E-state index in [1.807, 2.05) is 24.3 Å². The zero-order chi connectivity index (χ0) is 39.4. The Bertz CT molecular complexity index is 1790. The summed E-state index contributed by atoms with van der Waals surface area (Å²) >= 11 is 5.87. The molecule has 1 atom stereocenters. The number of benzene rings is 2. The van der Waals surface area contributed by atoms with Crippen LogP contribution in [0.3, 0.4) is 0 Å². The zero-order valence-electron chi connectivity index (χ0n) is 32.0. The van der Waals surface area contributed by atoms with E-state index in [1.165, 1.54) is 22.3 Å². The number of carbonyl (C=O) groups excluding carboxylic acids is 3. The fourth-order valence-electron chi connectivity index (χ4n) is 6.38. The van der Waals surface area contributed by atoms with Crippen molar-refractivity contribution in [1.82, 2.24) is 30.8 Å². The van der Waals surface area contributed by atoms with Crippen LogP contribution < -0.4 is 32.7 Å². The minimum Gasteiger partial charge on any atom is -0.444 e. The smallest absolute Gasteiger partial charge is 0.408 e. The number of hydrogen-bond acceptors (Lipinski definition) is 10. The predicted molar refractivity (Wildman–Crippen MR) is 214 cm³/mol. The summed E-state index contributed by atoms with van der Waals surface area (Å²) in [7, 11) is 4.12. The van der Waals surface area contributed by atoms with Crippen LogP contribution in [0.4, 0.5) is 22.1 Å². The number of alkyl carbamates (subject to hydrolysis) is 1. The third kappa shape index (κ3) is 12.9. The van der Waals surface area contributed by atoms with E-state index in [4.69, 9.17) is 33.2 Å². The lowest BCUT2D eigenvalue weighted by Gasteiger charge is -2.26. The van der Waals surface area contributed by atoms with E-state index in [-0.39, 0.29) is 34.3 Å². The van der Waals surface area contributed by atoms with Crippen LogP contribution in [0.15, 0.2) is 36.4 Å². The molecule has 0 aliphatic heterocycles. The summed E-state index contributed by atoms with van der Waals surface area (Å²) in [6.45, 7) is 6.85. The molecule has 1 aliphatic rings. The number of halogens is 1. The molecule has 2 aromatic carbocycles. The predicted octanol–water partition coefficient (Wildman–Crippen LogP) is 5.02. The quantitative estimate of drug-likeness (QED) is 0.0624. The molecule has 0 bridgehead atoms. The van der Waals surface area contributed by atoms with E-state index < -0.39 is 23.6 Å². The third-order valence-corrected chi connectivity index (χ3v) is 9.26. The van der Waals surface area contributed by atoms with Crippen LogP contribution >= 0.6 is 11.6 Å². The van der Waals surface area contributed by atoms with Gasteiger partial charge in [0.05, 0.1) is 0 Å². The molecule has 292 valence electrons. The number of aromatic nitrogens is 2. The van der Waals surface area contributed by atoms with E-state index in [0.29, 0.717) is 18.7 Å². The van der Waals surface area contributed by atoms with Crippen LogP contribution in [0.5, 0.6) is 0 Å². The highest BCUT2D eigenvalue weighted by molar-refractivity contribution is 6.31. The molecule has 0 saturated heterocycles. The molecule has 0 unspecified atom stereocenters. The van der Waals surface area contributed by atoms with E-state index in [2.05, 4.69) is 62.4 Å². The van der Waals surface area contributed by atoms with Crippen molar-refractivity contribution in [2.75, 3.05) is 44.0 Å². The summed E-state index contributed by atoms with van der Waals surface area (Å²) in [5.41, 5.74) is 17.1. The first-order chi connectivity index (χ1) is 25.6. The number of amides is 3. The lowest BCUT2D eigenvalue weighted by Crippen LogP contribution is -2.47. The summed E-state index contributed by atoms with van der Waals surface area (Å²) in [4.78, 5) is 49.0. The molecule has 3 amide bonds. The average Bonchev–Trinajstić information content (AvgIpc) is 3.09. The normalized spacial score (nSPS) is 13.1. The van der Waals surface area contributed by atoms with Gasteiger partial charge in [-0.2, -0.15) is 0 Å². The molecule has 4 rings (SSSR count). The maximum absolute atomic E-state index is 13.8. The van der Waals surface area contributed by atoms with Gasteiger partial charge >= 0.3 is 6.09 Å². The van der Waals surface area contributed by atoms with Gasteiger partial charge in [-0.3, -0.25) is 20.3 Å². The molecule has 1 aromatic heterocycles. The van der Waals surface area contributed by atoms with Gasteiger partial charge in [-0.1, -0.05) is 35.9 Å². The van der Waals surface area contributed by atoms with E-state index in [1.54, 1.807) is 20.8 Å². The van der Waals surface area contributed by atoms with Gasteiger partial charge in [-0.05, 0) is 139 Å². The van der Waals surface area contributed by atoms with Crippen LogP contribution in [0, 0.1) is 5.41 Å². The Morgan fingerprint density at radius 3 is 2.26 bits per heavy atom. The largest absolute Gasteiger partial charge is 0.444 e. The number of carbonyl (C=O) groups is 3. The molecule has 15 heteroatoms. The van der Waals surface area contributed by atoms with Crippen LogP contribution in [0.25, 0.3) is 0 Å². The first-order valence-corrected chi connectivity index (χ1v) is 18.9. The zero-order valence-corrected chi connectivity index (χ0v) is 32.8. The van der Waals surface area contributed by atoms with Crippen molar-refractivity contribution in [3.63, 3.8) is 0 Å². The number of rotatable bonds is 15. The van der Waals surface area contributed by atoms with Gasteiger partial charge in [0.25, 0.3) is 5.91 Å². The van der Waals surface area contributed by atoms with E-state index in [0.717, 1.165) is 69.9 Å². The maximum Gasteiger partial charge on any atom is 0.408 e. The molecule has 54 heavy (non-hydrogen) atoms. The molecule has 1 heterocycles. The number of anilines is 3. The van der Waals surface area contributed by atoms with Crippen LogP contribution in [0.1, 0.15) is 91.2 Å². The number of nitrogen functional groups attached to an aromatic ring is 2. The van der Waals surface area contributed by atoms with E-state index >= 15 is 0 Å². The summed E-state index contributed by atoms with van der Waals surface area (Å²) in [6, 6.07) is 11.2.